The minimum absolute atomic E-state index is 0.0331. The molecule has 0 bridgehead atoms. The third kappa shape index (κ3) is 4.51. The first-order valence-corrected chi connectivity index (χ1v) is 6.85. The fraction of sp³-hybridized carbons (Fsp3) is 0.333. The molecule has 1 heterocycles. The molecule has 0 aliphatic rings. The largest absolute Gasteiger partial charge is 0.326 e. The number of hydrogen-bond donors (Lipinski definition) is 2. The molecule has 0 saturated heterocycles. The maximum Gasteiger partial charge on any atom is 0.225 e. The Labute approximate surface area is 119 Å². The summed E-state index contributed by atoms with van der Waals surface area (Å²) in [5.41, 5.74) is 1.98. The van der Waals surface area contributed by atoms with E-state index >= 15 is 0 Å². The van der Waals surface area contributed by atoms with Crippen molar-refractivity contribution in [3.8, 4) is 0 Å². The molecule has 0 aliphatic heterocycles. The number of carbonyl (C=O) groups is 1. The summed E-state index contributed by atoms with van der Waals surface area (Å²) >= 11 is 0. The number of rotatable bonds is 7. The summed E-state index contributed by atoms with van der Waals surface area (Å²) in [5.74, 6) is 0.0331. The molecule has 20 heavy (non-hydrogen) atoms. The fourth-order valence-electron chi connectivity index (χ4n) is 1.88. The Morgan fingerprint density at radius 1 is 1.30 bits per heavy atom. The molecule has 106 valence electrons. The minimum Gasteiger partial charge on any atom is -0.326 e. The second-order valence-electron chi connectivity index (χ2n) is 4.55. The van der Waals surface area contributed by atoms with Crippen LogP contribution in [0.25, 0.3) is 0 Å². The van der Waals surface area contributed by atoms with Crippen LogP contribution in [0, 0.1) is 0 Å². The van der Waals surface area contributed by atoms with Crippen molar-refractivity contribution in [3.05, 3.63) is 48.3 Å². The average molecular weight is 272 g/mol. The Balaban J connectivity index is 1.83. The van der Waals surface area contributed by atoms with E-state index in [2.05, 4.69) is 15.7 Å². The van der Waals surface area contributed by atoms with Crippen LogP contribution in [0.3, 0.4) is 0 Å². The van der Waals surface area contributed by atoms with Crippen LogP contribution in [0.15, 0.2) is 42.7 Å². The zero-order valence-electron chi connectivity index (χ0n) is 11.7. The smallest absolute Gasteiger partial charge is 0.225 e. The van der Waals surface area contributed by atoms with E-state index in [0.29, 0.717) is 13.0 Å². The monoisotopic (exact) mass is 272 g/mol. The highest BCUT2D eigenvalue weighted by molar-refractivity contribution is 5.90. The van der Waals surface area contributed by atoms with Gasteiger partial charge in [-0.3, -0.25) is 9.48 Å². The molecule has 0 aliphatic carbocycles. The van der Waals surface area contributed by atoms with Gasteiger partial charge in [0.2, 0.25) is 5.91 Å². The van der Waals surface area contributed by atoms with Crippen LogP contribution < -0.4 is 10.6 Å². The number of nitrogens with zero attached hydrogens (tertiary/aromatic N) is 2. The predicted octanol–water partition coefficient (Wildman–Crippen LogP) is 1.87. The van der Waals surface area contributed by atoms with Crippen molar-refractivity contribution >= 4 is 11.6 Å². The first-order valence-electron chi connectivity index (χ1n) is 6.85. The second-order valence-corrected chi connectivity index (χ2v) is 4.55. The molecule has 0 radical (unpaired) electrons. The zero-order chi connectivity index (χ0) is 14.2. The second kappa shape index (κ2) is 7.45. The van der Waals surface area contributed by atoms with Gasteiger partial charge in [0.1, 0.15) is 0 Å². The maximum absolute atomic E-state index is 11.7. The van der Waals surface area contributed by atoms with Gasteiger partial charge in [-0.1, -0.05) is 19.1 Å². The Morgan fingerprint density at radius 3 is 2.75 bits per heavy atom. The Kier molecular flexibility index (Phi) is 5.32. The number of amides is 1. The van der Waals surface area contributed by atoms with Crippen molar-refractivity contribution in [2.75, 3.05) is 18.4 Å². The third-order valence-corrected chi connectivity index (χ3v) is 2.92. The van der Waals surface area contributed by atoms with E-state index in [1.807, 2.05) is 48.1 Å². The van der Waals surface area contributed by atoms with Crippen LogP contribution in [0.2, 0.25) is 0 Å². The molecule has 0 unspecified atom stereocenters. The highest BCUT2D eigenvalue weighted by atomic mass is 16.1. The van der Waals surface area contributed by atoms with E-state index < -0.39 is 0 Å². The normalized spacial score (nSPS) is 10.4. The van der Waals surface area contributed by atoms with E-state index in [9.17, 15) is 4.79 Å². The van der Waals surface area contributed by atoms with Gasteiger partial charge in [-0.05, 0) is 30.3 Å². The molecule has 1 aromatic heterocycles. The topological polar surface area (TPSA) is 59.0 Å². The molecule has 1 aromatic carbocycles. The summed E-state index contributed by atoms with van der Waals surface area (Å²) in [7, 11) is 0. The van der Waals surface area contributed by atoms with Gasteiger partial charge in [0.05, 0.1) is 6.54 Å². The summed E-state index contributed by atoms with van der Waals surface area (Å²) in [6.07, 6.45) is 4.18. The number of carbonyl (C=O) groups excluding carboxylic acids is 1. The maximum atomic E-state index is 11.7. The van der Waals surface area contributed by atoms with Gasteiger partial charge < -0.3 is 10.6 Å². The van der Waals surface area contributed by atoms with Crippen LogP contribution in [0.1, 0.15) is 18.9 Å². The predicted molar refractivity (Wildman–Crippen MR) is 79.6 cm³/mol. The highest BCUT2D eigenvalue weighted by Crippen LogP contribution is 2.10. The summed E-state index contributed by atoms with van der Waals surface area (Å²) in [6.45, 7) is 4.35. The average Bonchev–Trinajstić information content (AvgIpc) is 2.94. The molecule has 0 spiro atoms. The van der Waals surface area contributed by atoms with Crippen molar-refractivity contribution in [1.82, 2.24) is 15.1 Å². The van der Waals surface area contributed by atoms with Gasteiger partial charge in [-0.25, -0.2) is 0 Å². The summed E-state index contributed by atoms with van der Waals surface area (Å²) in [5, 5.41) is 10.2. The fourth-order valence-corrected chi connectivity index (χ4v) is 1.88. The molecule has 2 N–H and O–H groups in total. The molecule has 2 rings (SSSR count). The number of nitrogens with one attached hydrogen (secondary N) is 2. The van der Waals surface area contributed by atoms with Gasteiger partial charge in [-0.2, -0.15) is 5.10 Å². The number of hydrogen-bond acceptors (Lipinski definition) is 3. The van der Waals surface area contributed by atoms with E-state index in [1.54, 1.807) is 6.20 Å². The Bertz CT molecular complexity index is 519. The van der Waals surface area contributed by atoms with Crippen LogP contribution in [0.4, 0.5) is 5.69 Å². The quantitative estimate of drug-likeness (QED) is 0.756. The number of benzene rings is 1. The van der Waals surface area contributed by atoms with E-state index in [-0.39, 0.29) is 5.91 Å². The van der Waals surface area contributed by atoms with Gasteiger partial charge in [0.25, 0.3) is 0 Å². The van der Waals surface area contributed by atoms with Crippen molar-refractivity contribution < 1.29 is 4.79 Å². The zero-order valence-corrected chi connectivity index (χ0v) is 11.7. The molecular weight excluding hydrogens is 252 g/mol. The molecule has 1 amide bonds. The third-order valence-electron chi connectivity index (χ3n) is 2.92. The lowest BCUT2D eigenvalue weighted by molar-refractivity contribution is -0.116. The summed E-state index contributed by atoms with van der Waals surface area (Å²) < 4.78 is 1.87. The van der Waals surface area contributed by atoms with Gasteiger partial charge >= 0.3 is 0 Å². The first kappa shape index (κ1) is 14.3. The summed E-state index contributed by atoms with van der Waals surface area (Å²) in [4.78, 5) is 11.7. The molecule has 2 aromatic rings. The van der Waals surface area contributed by atoms with E-state index in [4.69, 9.17) is 0 Å². The summed E-state index contributed by atoms with van der Waals surface area (Å²) in [6, 6.07) is 9.75. The van der Waals surface area contributed by atoms with Crippen LogP contribution in [-0.2, 0) is 11.3 Å². The van der Waals surface area contributed by atoms with E-state index in [1.165, 1.54) is 0 Å². The highest BCUT2D eigenvalue weighted by Gasteiger charge is 2.02. The van der Waals surface area contributed by atoms with Gasteiger partial charge in [-0.15, -0.1) is 0 Å². The molecular formula is C15H20N4O. The lowest BCUT2D eigenvalue weighted by atomic mass is 10.2. The van der Waals surface area contributed by atoms with Crippen LogP contribution in [0.5, 0.6) is 0 Å². The van der Waals surface area contributed by atoms with Crippen LogP contribution in [-0.4, -0.2) is 28.8 Å². The minimum atomic E-state index is 0.0331. The van der Waals surface area contributed by atoms with Crippen molar-refractivity contribution in [3.63, 3.8) is 0 Å². The molecule has 0 fully saturated rings. The molecule has 5 heteroatoms. The molecule has 0 saturated carbocycles. The molecule has 0 atom stereocenters. The van der Waals surface area contributed by atoms with Gasteiger partial charge in [0.15, 0.2) is 0 Å². The lowest BCUT2D eigenvalue weighted by Crippen LogP contribution is -2.21. The lowest BCUT2D eigenvalue weighted by Gasteiger charge is -2.07. The number of aromatic nitrogens is 2. The SMILES string of the molecule is CCNCCC(=O)Nc1ccc(Cn2cccn2)cc1. The molecule has 5 nitrogen and oxygen atoms in total. The standard InChI is InChI=1S/C15H20N4O/c1-2-16-10-8-15(20)18-14-6-4-13(5-7-14)12-19-11-3-9-17-19/h3-7,9,11,16H,2,8,10,12H2,1H3,(H,18,20). The Morgan fingerprint density at radius 2 is 2.10 bits per heavy atom. The number of anilines is 1. The van der Waals surface area contributed by atoms with Crippen molar-refractivity contribution in [2.45, 2.75) is 19.9 Å². The van der Waals surface area contributed by atoms with E-state index in [0.717, 1.165) is 24.3 Å². The van der Waals surface area contributed by atoms with Gasteiger partial charge in [0, 0.05) is 31.0 Å². The van der Waals surface area contributed by atoms with Crippen LogP contribution >= 0.6 is 0 Å². The van der Waals surface area contributed by atoms with Crippen molar-refractivity contribution in [1.29, 1.82) is 0 Å². The first-order chi connectivity index (χ1) is 9.78. The Hall–Kier alpha value is -2.14. The van der Waals surface area contributed by atoms with Crippen molar-refractivity contribution in [2.24, 2.45) is 0 Å².